The third-order valence-electron chi connectivity index (χ3n) is 2.38. The Kier molecular flexibility index (Phi) is 5.60. The lowest BCUT2D eigenvalue weighted by atomic mass is 10.0. The zero-order chi connectivity index (χ0) is 12.0. The lowest BCUT2D eigenvalue weighted by Crippen LogP contribution is -2.13. The third kappa shape index (κ3) is 3.67. The van der Waals surface area contributed by atoms with E-state index in [1.54, 1.807) is 13.2 Å². The minimum atomic E-state index is -0.0438. The van der Waals surface area contributed by atoms with Crippen LogP contribution in [0.1, 0.15) is 24.9 Å². The van der Waals surface area contributed by atoms with E-state index in [1.807, 2.05) is 19.1 Å². The van der Waals surface area contributed by atoms with Crippen LogP contribution in [0.4, 0.5) is 0 Å². The van der Waals surface area contributed by atoms with E-state index in [9.17, 15) is 0 Å². The highest BCUT2D eigenvalue weighted by molar-refractivity contribution is 6.32. The Morgan fingerprint density at radius 2 is 2.19 bits per heavy atom. The van der Waals surface area contributed by atoms with Gasteiger partial charge in [-0.2, -0.15) is 0 Å². The zero-order valence-corrected chi connectivity index (χ0v) is 10.5. The Bertz CT molecular complexity index is 331. The highest BCUT2D eigenvalue weighted by atomic mass is 35.5. The zero-order valence-electron chi connectivity index (χ0n) is 9.70. The van der Waals surface area contributed by atoms with E-state index < -0.39 is 0 Å². The Hall–Kier alpha value is -0.770. The van der Waals surface area contributed by atoms with Crippen molar-refractivity contribution in [2.75, 3.05) is 20.3 Å². The first-order valence-corrected chi connectivity index (χ1v) is 5.73. The summed E-state index contributed by atoms with van der Waals surface area (Å²) in [5.74, 6) is 0.658. The molecule has 0 aliphatic rings. The molecule has 0 heterocycles. The van der Waals surface area contributed by atoms with Crippen LogP contribution in [-0.4, -0.2) is 20.3 Å². The molecule has 1 aromatic rings. The van der Waals surface area contributed by atoms with Gasteiger partial charge in [0.1, 0.15) is 5.75 Å². The molecule has 1 atom stereocenters. The summed E-state index contributed by atoms with van der Waals surface area (Å²) in [5, 5.41) is 0.600. The molecule has 90 valence electrons. The van der Waals surface area contributed by atoms with Crippen molar-refractivity contribution in [1.29, 1.82) is 0 Å². The van der Waals surface area contributed by atoms with Gasteiger partial charge >= 0.3 is 0 Å². The van der Waals surface area contributed by atoms with Crippen molar-refractivity contribution in [2.24, 2.45) is 5.73 Å². The SMILES string of the molecule is CCOCCC(N)c1ccc(Cl)c(OC)c1. The van der Waals surface area contributed by atoms with E-state index in [0.29, 0.717) is 17.4 Å². The van der Waals surface area contributed by atoms with Crippen molar-refractivity contribution < 1.29 is 9.47 Å². The van der Waals surface area contributed by atoms with E-state index in [2.05, 4.69) is 0 Å². The summed E-state index contributed by atoms with van der Waals surface area (Å²) >= 11 is 5.94. The highest BCUT2D eigenvalue weighted by Gasteiger charge is 2.09. The third-order valence-corrected chi connectivity index (χ3v) is 2.69. The molecule has 0 spiro atoms. The standard InChI is InChI=1S/C12H18ClNO2/c1-3-16-7-6-11(14)9-4-5-10(13)12(8-9)15-2/h4-5,8,11H,3,6-7,14H2,1-2H3. The Labute approximate surface area is 101 Å². The van der Waals surface area contributed by atoms with E-state index in [0.717, 1.165) is 18.6 Å². The molecule has 0 radical (unpaired) electrons. The van der Waals surface area contributed by atoms with Gasteiger partial charge in [-0.1, -0.05) is 17.7 Å². The van der Waals surface area contributed by atoms with Gasteiger partial charge in [0.05, 0.1) is 12.1 Å². The summed E-state index contributed by atoms with van der Waals surface area (Å²) in [6.45, 7) is 3.36. The van der Waals surface area contributed by atoms with E-state index in [-0.39, 0.29) is 6.04 Å². The predicted octanol–water partition coefficient (Wildman–Crippen LogP) is 2.78. The first-order chi connectivity index (χ1) is 7.69. The van der Waals surface area contributed by atoms with Gasteiger partial charge in [-0.05, 0) is 31.0 Å². The van der Waals surface area contributed by atoms with Crippen LogP contribution >= 0.6 is 11.6 Å². The van der Waals surface area contributed by atoms with Crippen molar-refractivity contribution in [3.05, 3.63) is 28.8 Å². The number of hydrogen-bond acceptors (Lipinski definition) is 3. The number of rotatable bonds is 6. The number of methoxy groups -OCH3 is 1. The summed E-state index contributed by atoms with van der Waals surface area (Å²) in [5.41, 5.74) is 7.05. The Morgan fingerprint density at radius 3 is 2.81 bits per heavy atom. The molecule has 16 heavy (non-hydrogen) atoms. The second-order valence-corrected chi connectivity index (χ2v) is 3.89. The minimum absolute atomic E-state index is 0.0438. The molecular weight excluding hydrogens is 226 g/mol. The smallest absolute Gasteiger partial charge is 0.137 e. The van der Waals surface area contributed by atoms with Gasteiger partial charge in [0, 0.05) is 19.3 Å². The van der Waals surface area contributed by atoms with Crippen molar-refractivity contribution in [2.45, 2.75) is 19.4 Å². The number of halogens is 1. The van der Waals surface area contributed by atoms with E-state index in [1.165, 1.54) is 0 Å². The van der Waals surface area contributed by atoms with Crippen molar-refractivity contribution >= 4 is 11.6 Å². The first-order valence-electron chi connectivity index (χ1n) is 5.35. The predicted molar refractivity (Wildman–Crippen MR) is 66.0 cm³/mol. The molecule has 0 saturated heterocycles. The molecule has 1 aromatic carbocycles. The number of benzene rings is 1. The van der Waals surface area contributed by atoms with Crippen LogP contribution in [0.5, 0.6) is 5.75 Å². The summed E-state index contributed by atoms with van der Waals surface area (Å²) in [7, 11) is 1.59. The van der Waals surface area contributed by atoms with Gasteiger partial charge in [-0.15, -0.1) is 0 Å². The fourth-order valence-electron chi connectivity index (χ4n) is 1.43. The lowest BCUT2D eigenvalue weighted by molar-refractivity contribution is 0.140. The maximum atomic E-state index is 6.03. The van der Waals surface area contributed by atoms with Gasteiger partial charge in [0.25, 0.3) is 0 Å². The van der Waals surface area contributed by atoms with Gasteiger partial charge in [-0.3, -0.25) is 0 Å². The number of ether oxygens (including phenoxy) is 2. The molecule has 0 amide bonds. The summed E-state index contributed by atoms with van der Waals surface area (Å²) in [6, 6.07) is 5.55. The molecular formula is C12H18ClNO2. The second kappa shape index (κ2) is 6.74. The molecule has 0 bridgehead atoms. The van der Waals surface area contributed by atoms with Crippen molar-refractivity contribution in [3.8, 4) is 5.75 Å². The van der Waals surface area contributed by atoms with E-state index >= 15 is 0 Å². The lowest BCUT2D eigenvalue weighted by Gasteiger charge is -2.13. The molecule has 0 aromatic heterocycles. The van der Waals surface area contributed by atoms with E-state index in [4.69, 9.17) is 26.8 Å². The van der Waals surface area contributed by atoms with Crippen LogP contribution < -0.4 is 10.5 Å². The van der Waals surface area contributed by atoms with Crippen LogP contribution in [-0.2, 0) is 4.74 Å². The topological polar surface area (TPSA) is 44.5 Å². The van der Waals surface area contributed by atoms with Crippen molar-refractivity contribution in [3.63, 3.8) is 0 Å². The normalized spacial score (nSPS) is 12.5. The molecule has 3 nitrogen and oxygen atoms in total. The number of nitrogens with two attached hydrogens (primary N) is 1. The molecule has 1 unspecified atom stereocenters. The molecule has 0 saturated carbocycles. The second-order valence-electron chi connectivity index (χ2n) is 3.49. The fourth-order valence-corrected chi connectivity index (χ4v) is 1.62. The fraction of sp³-hybridized carbons (Fsp3) is 0.500. The molecule has 1 rings (SSSR count). The average molecular weight is 244 g/mol. The van der Waals surface area contributed by atoms with Crippen LogP contribution in [0.25, 0.3) is 0 Å². The monoisotopic (exact) mass is 243 g/mol. The Balaban J connectivity index is 2.64. The van der Waals surface area contributed by atoms with Crippen molar-refractivity contribution in [1.82, 2.24) is 0 Å². The summed E-state index contributed by atoms with van der Waals surface area (Å²) < 4.78 is 10.4. The van der Waals surface area contributed by atoms with Gasteiger partial charge in [-0.25, -0.2) is 0 Å². The maximum absolute atomic E-state index is 6.03. The minimum Gasteiger partial charge on any atom is -0.495 e. The largest absolute Gasteiger partial charge is 0.495 e. The van der Waals surface area contributed by atoms with Crippen LogP contribution in [0.15, 0.2) is 18.2 Å². The first kappa shape index (κ1) is 13.3. The highest BCUT2D eigenvalue weighted by Crippen LogP contribution is 2.27. The van der Waals surface area contributed by atoms with Crippen LogP contribution in [0.2, 0.25) is 5.02 Å². The molecule has 0 aliphatic carbocycles. The van der Waals surface area contributed by atoms with Crippen LogP contribution in [0.3, 0.4) is 0 Å². The summed E-state index contributed by atoms with van der Waals surface area (Å²) in [6.07, 6.45) is 0.790. The Morgan fingerprint density at radius 1 is 1.44 bits per heavy atom. The summed E-state index contributed by atoms with van der Waals surface area (Å²) in [4.78, 5) is 0. The average Bonchev–Trinajstić information content (AvgIpc) is 2.30. The van der Waals surface area contributed by atoms with Gasteiger partial charge < -0.3 is 15.2 Å². The van der Waals surface area contributed by atoms with Crippen LogP contribution in [0, 0.1) is 0 Å². The van der Waals surface area contributed by atoms with Gasteiger partial charge in [0.15, 0.2) is 0 Å². The maximum Gasteiger partial charge on any atom is 0.137 e. The molecule has 0 fully saturated rings. The molecule has 0 aliphatic heterocycles. The van der Waals surface area contributed by atoms with Gasteiger partial charge in [0.2, 0.25) is 0 Å². The molecule has 4 heteroatoms. The molecule has 2 N–H and O–H groups in total. The number of hydrogen-bond donors (Lipinski definition) is 1. The quantitative estimate of drug-likeness (QED) is 0.782.